The van der Waals surface area contributed by atoms with Crippen molar-refractivity contribution < 1.29 is 13.2 Å². The minimum Gasteiger partial charge on any atom is -0.367 e. The molecule has 0 radical (unpaired) electrons. The summed E-state index contributed by atoms with van der Waals surface area (Å²) in [6.07, 6.45) is -4.33. The number of benzene rings is 1. The number of nitrogens with zero attached hydrogens (tertiary/aromatic N) is 1. The van der Waals surface area contributed by atoms with Crippen LogP contribution in [0.5, 0.6) is 0 Å². The van der Waals surface area contributed by atoms with E-state index in [1.54, 1.807) is 23.5 Å². The highest BCUT2D eigenvalue weighted by molar-refractivity contribution is 9.08. The second-order valence-electron chi connectivity index (χ2n) is 4.57. The average molecular weight is 378 g/mol. The molecule has 0 spiro atoms. The Morgan fingerprint density at radius 1 is 1.24 bits per heavy atom. The molecule has 1 aromatic carbocycles. The van der Waals surface area contributed by atoms with Gasteiger partial charge >= 0.3 is 6.18 Å². The molecule has 0 saturated heterocycles. The molecule has 0 fully saturated rings. The third-order valence-corrected chi connectivity index (χ3v) is 4.68. The van der Waals surface area contributed by atoms with Crippen LogP contribution >= 0.6 is 27.3 Å². The first-order valence-corrected chi connectivity index (χ1v) is 8.49. The van der Waals surface area contributed by atoms with Gasteiger partial charge in [0.15, 0.2) is 0 Å². The maximum absolute atomic E-state index is 13.1. The molecule has 2 aromatic rings. The van der Waals surface area contributed by atoms with Gasteiger partial charge in [0, 0.05) is 22.4 Å². The summed E-state index contributed by atoms with van der Waals surface area (Å²) < 4.78 is 39.4. The summed E-state index contributed by atoms with van der Waals surface area (Å²) in [5.41, 5.74) is 0.294. The molecule has 2 rings (SSSR count). The molecule has 0 atom stereocenters. The van der Waals surface area contributed by atoms with Crippen LogP contribution in [0.15, 0.2) is 35.7 Å². The Kier molecular flexibility index (Phi) is 5.32. The summed E-state index contributed by atoms with van der Waals surface area (Å²) in [5.74, 6) is 0. The SMILES string of the molecule is CCN(Cc1cccs1)c1ccc(CBr)c(C(F)(F)F)c1. The average Bonchev–Trinajstić information content (AvgIpc) is 2.96. The van der Waals surface area contributed by atoms with Gasteiger partial charge in [0.05, 0.1) is 12.1 Å². The summed E-state index contributed by atoms with van der Waals surface area (Å²) in [6, 6.07) is 8.48. The number of thiophene rings is 1. The van der Waals surface area contributed by atoms with Crippen molar-refractivity contribution in [3.63, 3.8) is 0 Å². The highest BCUT2D eigenvalue weighted by Crippen LogP contribution is 2.35. The Morgan fingerprint density at radius 3 is 2.52 bits per heavy atom. The Bertz CT molecular complexity index is 581. The molecule has 0 N–H and O–H groups in total. The van der Waals surface area contributed by atoms with Crippen molar-refractivity contribution in [3.8, 4) is 0 Å². The molecular formula is C15H15BrF3NS. The Morgan fingerprint density at radius 2 is 2.00 bits per heavy atom. The molecule has 0 amide bonds. The van der Waals surface area contributed by atoms with Crippen LogP contribution in [0.4, 0.5) is 18.9 Å². The molecule has 1 aromatic heterocycles. The third-order valence-electron chi connectivity index (χ3n) is 3.22. The number of hydrogen-bond donors (Lipinski definition) is 0. The largest absolute Gasteiger partial charge is 0.416 e. The van der Waals surface area contributed by atoms with Crippen LogP contribution in [0.2, 0.25) is 0 Å². The minimum absolute atomic E-state index is 0.194. The van der Waals surface area contributed by atoms with Crippen LogP contribution in [0.1, 0.15) is 22.9 Å². The van der Waals surface area contributed by atoms with Gasteiger partial charge in [-0.1, -0.05) is 28.1 Å². The Labute approximate surface area is 134 Å². The molecule has 0 unspecified atom stereocenters. The summed E-state index contributed by atoms with van der Waals surface area (Å²) in [5, 5.41) is 2.16. The number of anilines is 1. The predicted octanol–water partition coefficient (Wildman–Crippen LogP) is 5.69. The van der Waals surface area contributed by atoms with Gasteiger partial charge < -0.3 is 4.90 Å². The molecule has 21 heavy (non-hydrogen) atoms. The lowest BCUT2D eigenvalue weighted by Crippen LogP contribution is -2.22. The molecule has 0 aliphatic heterocycles. The molecule has 6 heteroatoms. The van der Waals surface area contributed by atoms with E-state index in [2.05, 4.69) is 15.9 Å². The van der Waals surface area contributed by atoms with Gasteiger partial charge in [0.25, 0.3) is 0 Å². The van der Waals surface area contributed by atoms with Crippen LogP contribution in [-0.4, -0.2) is 6.54 Å². The normalized spacial score (nSPS) is 11.7. The third kappa shape index (κ3) is 4.01. The second-order valence-corrected chi connectivity index (χ2v) is 6.16. The van der Waals surface area contributed by atoms with Gasteiger partial charge in [-0.2, -0.15) is 13.2 Å². The molecule has 0 aliphatic rings. The first-order chi connectivity index (χ1) is 9.95. The zero-order valence-electron chi connectivity index (χ0n) is 11.5. The molecule has 0 bridgehead atoms. The lowest BCUT2D eigenvalue weighted by molar-refractivity contribution is -0.138. The van der Waals surface area contributed by atoms with Crippen molar-refractivity contribution in [2.75, 3.05) is 11.4 Å². The monoisotopic (exact) mass is 377 g/mol. The molecule has 1 nitrogen and oxygen atoms in total. The van der Waals surface area contributed by atoms with Crippen LogP contribution < -0.4 is 4.90 Å². The molecular weight excluding hydrogens is 363 g/mol. The van der Waals surface area contributed by atoms with Crippen molar-refractivity contribution in [2.24, 2.45) is 0 Å². The van der Waals surface area contributed by atoms with Gasteiger partial charge in [-0.15, -0.1) is 11.3 Å². The summed E-state index contributed by atoms with van der Waals surface area (Å²) in [6.45, 7) is 3.22. The second kappa shape index (κ2) is 6.83. The molecule has 0 saturated carbocycles. The number of rotatable bonds is 5. The smallest absolute Gasteiger partial charge is 0.367 e. The van der Waals surface area contributed by atoms with E-state index < -0.39 is 11.7 Å². The van der Waals surface area contributed by atoms with E-state index in [1.165, 1.54) is 6.07 Å². The van der Waals surface area contributed by atoms with Crippen LogP contribution in [0, 0.1) is 0 Å². The minimum atomic E-state index is -4.33. The van der Waals surface area contributed by atoms with E-state index in [-0.39, 0.29) is 10.9 Å². The Balaban J connectivity index is 2.33. The fourth-order valence-electron chi connectivity index (χ4n) is 2.12. The van der Waals surface area contributed by atoms with Gasteiger partial charge in [-0.05, 0) is 36.1 Å². The van der Waals surface area contributed by atoms with Gasteiger partial charge in [-0.3, -0.25) is 0 Å². The fraction of sp³-hybridized carbons (Fsp3) is 0.333. The predicted molar refractivity (Wildman–Crippen MR) is 85.1 cm³/mol. The van der Waals surface area contributed by atoms with Crippen LogP contribution in [0.25, 0.3) is 0 Å². The highest BCUT2D eigenvalue weighted by Gasteiger charge is 2.33. The van der Waals surface area contributed by atoms with E-state index >= 15 is 0 Å². The lowest BCUT2D eigenvalue weighted by atomic mass is 10.1. The summed E-state index contributed by atoms with van der Waals surface area (Å²) in [4.78, 5) is 3.08. The van der Waals surface area contributed by atoms with Gasteiger partial charge in [0.1, 0.15) is 0 Å². The summed E-state index contributed by atoms with van der Waals surface area (Å²) in [7, 11) is 0. The van der Waals surface area contributed by atoms with Crippen molar-refractivity contribution in [2.45, 2.75) is 25.0 Å². The zero-order chi connectivity index (χ0) is 15.5. The summed E-state index contributed by atoms with van der Waals surface area (Å²) >= 11 is 4.72. The lowest BCUT2D eigenvalue weighted by Gasteiger charge is -2.24. The van der Waals surface area contributed by atoms with E-state index in [4.69, 9.17) is 0 Å². The van der Waals surface area contributed by atoms with E-state index in [0.29, 0.717) is 18.8 Å². The zero-order valence-corrected chi connectivity index (χ0v) is 13.9. The van der Waals surface area contributed by atoms with Crippen LogP contribution in [-0.2, 0) is 18.1 Å². The van der Waals surface area contributed by atoms with Gasteiger partial charge in [-0.25, -0.2) is 0 Å². The van der Waals surface area contributed by atoms with Crippen LogP contribution in [0.3, 0.4) is 0 Å². The fourth-order valence-corrected chi connectivity index (χ4v) is 3.33. The van der Waals surface area contributed by atoms with Crippen molar-refractivity contribution in [3.05, 3.63) is 51.7 Å². The van der Waals surface area contributed by atoms with Crippen molar-refractivity contribution in [1.29, 1.82) is 0 Å². The quantitative estimate of drug-likeness (QED) is 0.605. The van der Waals surface area contributed by atoms with Crippen molar-refractivity contribution >= 4 is 33.0 Å². The maximum Gasteiger partial charge on any atom is 0.416 e. The molecule has 114 valence electrons. The maximum atomic E-state index is 13.1. The number of alkyl halides is 4. The highest BCUT2D eigenvalue weighted by atomic mass is 79.9. The van der Waals surface area contributed by atoms with Gasteiger partial charge in [0.2, 0.25) is 0 Å². The molecule has 1 heterocycles. The van der Waals surface area contributed by atoms with E-state index in [9.17, 15) is 13.2 Å². The van der Waals surface area contributed by atoms with E-state index in [0.717, 1.165) is 4.88 Å². The first kappa shape index (κ1) is 16.4. The van der Waals surface area contributed by atoms with E-state index in [1.807, 2.05) is 29.3 Å². The Hall–Kier alpha value is -1.01. The topological polar surface area (TPSA) is 3.24 Å². The number of halogens is 4. The number of hydrogen-bond acceptors (Lipinski definition) is 2. The standard InChI is InChI=1S/C15H15BrF3NS/c1-2-20(10-13-4-3-7-21-13)12-6-5-11(9-16)14(8-12)15(17,18)19/h3-8H,2,9-10H2,1H3. The first-order valence-electron chi connectivity index (χ1n) is 6.49. The van der Waals surface area contributed by atoms with Crippen molar-refractivity contribution in [1.82, 2.24) is 0 Å². The molecule has 0 aliphatic carbocycles.